The molecule has 0 N–H and O–H groups in total. The van der Waals surface area contributed by atoms with Crippen LogP contribution in [0.4, 0.5) is 5.82 Å². The Bertz CT molecular complexity index is 859. The third-order valence-electron chi connectivity index (χ3n) is 6.69. The van der Waals surface area contributed by atoms with Crippen LogP contribution in [0.25, 0.3) is 0 Å². The highest BCUT2D eigenvalue weighted by Crippen LogP contribution is 2.32. The molecule has 1 aromatic heterocycles. The molecule has 2 aromatic rings. The fourth-order valence-electron chi connectivity index (χ4n) is 4.61. The Balaban J connectivity index is 1.35. The molecule has 1 saturated heterocycles. The van der Waals surface area contributed by atoms with Crippen LogP contribution in [0.5, 0.6) is 0 Å². The van der Waals surface area contributed by atoms with Crippen LogP contribution in [-0.4, -0.2) is 47.5 Å². The van der Waals surface area contributed by atoms with Crippen molar-refractivity contribution in [3.63, 3.8) is 0 Å². The number of amides is 1. The highest BCUT2D eigenvalue weighted by molar-refractivity contribution is 5.94. The van der Waals surface area contributed by atoms with Gasteiger partial charge in [-0.3, -0.25) is 9.69 Å². The van der Waals surface area contributed by atoms with Crippen molar-refractivity contribution in [1.29, 1.82) is 0 Å². The van der Waals surface area contributed by atoms with E-state index in [1.807, 2.05) is 7.05 Å². The van der Waals surface area contributed by atoms with Crippen LogP contribution in [0.1, 0.15) is 67.1 Å². The number of piperidine rings is 1. The highest BCUT2D eigenvalue weighted by atomic mass is 16.2. The van der Waals surface area contributed by atoms with E-state index in [-0.39, 0.29) is 5.91 Å². The van der Waals surface area contributed by atoms with Gasteiger partial charge in [0.25, 0.3) is 0 Å². The number of carbonyl (C=O) groups is 1. The van der Waals surface area contributed by atoms with Crippen LogP contribution in [0, 0.1) is 6.92 Å². The molecule has 29 heavy (non-hydrogen) atoms. The molecule has 2 aliphatic rings. The van der Waals surface area contributed by atoms with E-state index in [1.54, 1.807) is 4.90 Å². The molecule has 0 saturated carbocycles. The molecule has 1 fully saturated rings. The largest absolute Gasteiger partial charge is 0.303 e. The zero-order valence-corrected chi connectivity index (χ0v) is 17.9. The monoisotopic (exact) mass is 392 g/mol. The quantitative estimate of drug-likeness (QED) is 0.770. The minimum atomic E-state index is 0.156. The molecule has 3 heterocycles. The van der Waals surface area contributed by atoms with E-state index in [1.165, 1.54) is 12.0 Å². The lowest BCUT2D eigenvalue weighted by molar-refractivity contribution is -0.118. The third-order valence-corrected chi connectivity index (χ3v) is 6.69. The summed E-state index contributed by atoms with van der Waals surface area (Å²) in [6, 6.07) is 10.8. The first-order valence-corrected chi connectivity index (χ1v) is 10.9. The third kappa shape index (κ3) is 4.35. The van der Waals surface area contributed by atoms with E-state index in [2.05, 4.69) is 49.1 Å². The van der Waals surface area contributed by atoms with E-state index in [4.69, 9.17) is 9.97 Å². The van der Waals surface area contributed by atoms with Crippen LogP contribution in [0.2, 0.25) is 0 Å². The second-order valence-corrected chi connectivity index (χ2v) is 8.64. The normalized spacial score (nSPS) is 19.3. The van der Waals surface area contributed by atoms with Gasteiger partial charge < -0.3 is 4.90 Å². The molecule has 5 nitrogen and oxygen atoms in total. The van der Waals surface area contributed by atoms with Gasteiger partial charge in [0.2, 0.25) is 5.91 Å². The van der Waals surface area contributed by atoms with E-state index >= 15 is 0 Å². The van der Waals surface area contributed by atoms with Crippen molar-refractivity contribution in [3.8, 4) is 0 Å². The minimum absolute atomic E-state index is 0.156. The molecule has 2 aliphatic heterocycles. The standard InChI is InChI=1S/C24H32N4O/c1-17(19-7-5-4-6-8-19)11-14-28-15-12-20(13-16-28)23-25-18(2)21-9-10-22(29)27(3)24(21)26-23/h4-8,17,20H,9-16H2,1-3H3/t17-/m1/s1. The van der Waals surface area contributed by atoms with Crippen LogP contribution < -0.4 is 4.90 Å². The molecule has 154 valence electrons. The first-order chi connectivity index (χ1) is 14.0. The van der Waals surface area contributed by atoms with Gasteiger partial charge in [-0.1, -0.05) is 37.3 Å². The summed E-state index contributed by atoms with van der Waals surface area (Å²) < 4.78 is 0. The van der Waals surface area contributed by atoms with Gasteiger partial charge in [-0.15, -0.1) is 0 Å². The summed E-state index contributed by atoms with van der Waals surface area (Å²) in [5, 5.41) is 0. The number of benzene rings is 1. The SMILES string of the molecule is Cc1nc(C2CCN(CC[C@@H](C)c3ccccc3)CC2)nc2c1CCC(=O)N2C. The lowest BCUT2D eigenvalue weighted by atomic mass is 9.93. The lowest BCUT2D eigenvalue weighted by Crippen LogP contribution is -2.36. The van der Waals surface area contributed by atoms with Gasteiger partial charge in [0.15, 0.2) is 0 Å². The summed E-state index contributed by atoms with van der Waals surface area (Å²) in [4.78, 5) is 26.1. The highest BCUT2D eigenvalue weighted by Gasteiger charge is 2.28. The van der Waals surface area contributed by atoms with Crippen molar-refractivity contribution in [2.24, 2.45) is 0 Å². The Morgan fingerprint density at radius 3 is 2.55 bits per heavy atom. The summed E-state index contributed by atoms with van der Waals surface area (Å²) >= 11 is 0. The first kappa shape index (κ1) is 20.0. The zero-order valence-electron chi connectivity index (χ0n) is 17.9. The van der Waals surface area contributed by atoms with Crippen molar-refractivity contribution in [3.05, 3.63) is 53.0 Å². The molecule has 4 rings (SSSR count). The molecule has 0 spiro atoms. The van der Waals surface area contributed by atoms with Gasteiger partial charge in [0.1, 0.15) is 11.6 Å². The Labute approximate surface area is 174 Å². The van der Waals surface area contributed by atoms with Crippen LogP contribution in [0.3, 0.4) is 0 Å². The summed E-state index contributed by atoms with van der Waals surface area (Å²) in [5.41, 5.74) is 3.62. The van der Waals surface area contributed by atoms with E-state index in [0.29, 0.717) is 18.3 Å². The topological polar surface area (TPSA) is 49.3 Å². The maximum absolute atomic E-state index is 12.1. The molecule has 1 amide bonds. The fraction of sp³-hybridized carbons (Fsp3) is 0.542. The summed E-state index contributed by atoms with van der Waals surface area (Å²) in [6.07, 6.45) is 4.71. The van der Waals surface area contributed by atoms with Gasteiger partial charge >= 0.3 is 0 Å². The average molecular weight is 393 g/mol. The second-order valence-electron chi connectivity index (χ2n) is 8.64. The lowest BCUT2D eigenvalue weighted by Gasteiger charge is -2.33. The number of anilines is 1. The van der Waals surface area contributed by atoms with Gasteiger partial charge in [-0.2, -0.15) is 0 Å². The number of carbonyl (C=O) groups excluding carboxylic acids is 1. The van der Waals surface area contributed by atoms with Crippen molar-refractivity contribution in [2.45, 2.75) is 57.8 Å². The molecular weight excluding hydrogens is 360 g/mol. The Morgan fingerprint density at radius 2 is 1.83 bits per heavy atom. The number of rotatable bonds is 5. The summed E-state index contributed by atoms with van der Waals surface area (Å²) in [6.45, 7) is 7.72. The molecule has 0 bridgehead atoms. The van der Waals surface area contributed by atoms with E-state index in [9.17, 15) is 4.79 Å². The number of nitrogens with zero attached hydrogens (tertiary/aromatic N) is 4. The number of fused-ring (bicyclic) bond motifs is 1. The van der Waals surface area contributed by atoms with E-state index in [0.717, 1.165) is 61.8 Å². The molecule has 0 radical (unpaired) electrons. The second kappa shape index (κ2) is 8.62. The first-order valence-electron chi connectivity index (χ1n) is 10.9. The zero-order chi connectivity index (χ0) is 20.4. The predicted molar refractivity (Wildman–Crippen MR) is 116 cm³/mol. The van der Waals surface area contributed by atoms with Crippen molar-refractivity contribution in [2.75, 3.05) is 31.6 Å². The van der Waals surface area contributed by atoms with Gasteiger partial charge in [0, 0.05) is 30.6 Å². The number of hydrogen-bond donors (Lipinski definition) is 0. The fourth-order valence-corrected chi connectivity index (χ4v) is 4.61. The smallest absolute Gasteiger partial charge is 0.228 e. The number of aromatic nitrogens is 2. The van der Waals surface area contributed by atoms with Gasteiger partial charge in [-0.25, -0.2) is 9.97 Å². The minimum Gasteiger partial charge on any atom is -0.303 e. The predicted octanol–water partition coefficient (Wildman–Crippen LogP) is 4.07. The number of hydrogen-bond acceptors (Lipinski definition) is 4. The Morgan fingerprint density at radius 1 is 1.10 bits per heavy atom. The molecular formula is C24H32N4O. The van der Waals surface area contributed by atoms with Crippen LogP contribution >= 0.6 is 0 Å². The van der Waals surface area contributed by atoms with Crippen molar-refractivity contribution >= 4 is 11.7 Å². The molecule has 0 unspecified atom stereocenters. The van der Waals surface area contributed by atoms with Gasteiger partial charge in [0.05, 0.1) is 0 Å². The van der Waals surface area contributed by atoms with Crippen molar-refractivity contribution < 1.29 is 4.79 Å². The van der Waals surface area contributed by atoms with Crippen molar-refractivity contribution in [1.82, 2.24) is 14.9 Å². The molecule has 1 aromatic carbocycles. The van der Waals surface area contributed by atoms with Crippen LogP contribution in [-0.2, 0) is 11.2 Å². The maximum atomic E-state index is 12.1. The number of aryl methyl sites for hydroxylation is 1. The number of likely N-dealkylation sites (tertiary alicyclic amines) is 1. The average Bonchev–Trinajstić information content (AvgIpc) is 2.75. The molecule has 1 atom stereocenters. The molecule has 5 heteroatoms. The molecule has 0 aliphatic carbocycles. The summed E-state index contributed by atoms with van der Waals surface area (Å²) in [5.74, 6) is 2.91. The van der Waals surface area contributed by atoms with Crippen LogP contribution in [0.15, 0.2) is 30.3 Å². The maximum Gasteiger partial charge on any atom is 0.228 e. The summed E-state index contributed by atoms with van der Waals surface area (Å²) in [7, 11) is 1.84. The van der Waals surface area contributed by atoms with Gasteiger partial charge in [-0.05, 0) is 63.7 Å². The Kier molecular flexibility index (Phi) is 5.95. The van der Waals surface area contributed by atoms with E-state index < -0.39 is 0 Å². The Hall–Kier alpha value is -2.27.